The van der Waals surface area contributed by atoms with Crippen LogP contribution < -0.4 is 11.1 Å². The Bertz CT molecular complexity index is 621. The zero-order valence-corrected chi connectivity index (χ0v) is 12.8. The van der Waals surface area contributed by atoms with E-state index >= 15 is 0 Å². The maximum absolute atomic E-state index is 12.2. The summed E-state index contributed by atoms with van der Waals surface area (Å²) in [5.41, 5.74) is 7.94. The number of thiazole rings is 1. The van der Waals surface area contributed by atoms with Crippen molar-refractivity contribution in [3.05, 3.63) is 45.4 Å². The van der Waals surface area contributed by atoms with Gasteiger partial charge in [0.15, 0.2) is 0 Å². The number of nitrogens with two attached hydrogens (primary N) is 1. The lowest BCUT2D eigenvalue weighted by Crippen LogP contribution is -2.27. The molecule has 3 N–H and O–H groups in total. The number of amides is 1. The second-order valence-electron chi connectivity index (χ2n) is 4.80. The molecule has 0 saturated heterocycles. The van der Waals surface area contributed by atoms with E-state index < -0.39 is 0 Å². The molecule has 0 aliphatic heterocycles. The Morgan fingerprint density at radius 2 is 2.25 bits per heavy atom. The van der Waals surface area contributed by atoms with E-state index in [1.165, 1.54) is 4.88 Å². The van der Waals surface area contributed by atoms with Crippen molar-refractivity contribution in [2.45, 2.75) is 33.2 Å². The molecule has 1 amide bonds. The number of nitrogens with one attached hydrogen (secondary N) is 1. The topological polar surface area (TPSA) is 68.0 Å². The van der Waals surface area contributed by atoms with Crippen molar-refractivity contribution in [1.29, 1.82) is 0 Å². The zero-order chi connectivity index (χ0) is 14.7. The van der Waals surface area contributed by atoms with Crippen molar-refractivity contribution < 1.29 is 4.79 Å². The van der Waals surface area contributed by atoms with Crippen LogP contribution in [0.15, 0.2) is 24.4 Å². The third-order valence-electron chi connectivity index (χ3n) is 3.09. The van der Waals surface area contributed by atoms with E-state index in [4.69, 9.17) is 5.73 Å². The first-order chi connectivity index (χ1) is 9.51. The quantitative estimate of drug-likeness (QED) is 0.850. The molecule has 4 nitrogen and oxygen atoms in total. The van der Waals surface area contributed by atoms with Crippen molar-refractivity contribution in [2.24, 2.45) is 0 Å². The monoisotopic (exact) mass is 289 g/mol. The molecule has 0 bridgehead atoms. The summed E-state index contributed by atoms with van der Waals surface area (Å²) in [4.78, 5) is 17.8. The lowest BCUT2D eigenvalue weighted by molar-refractivity contribution is 0.0940. The molecule has 0 radical (unpaired) electrons. The number of nitrogen functional groups attached to an aromatic ring is 1. The van der Waals surface area contributed by atoms with Crippen molar-refractivity contribution in [3.8, 4) is 0 Å². The highest BCUT2D eigenvalue weighted by Crippen LogP contribution is 2.21. The van der Waals surface area contributed by atoms with Crippen LogP contribution in [0, 0.1) is 6.92 Å². The summed E-state index contributed by atoms with van der Waals surface area (Å²) in [6.45, 7) is 5.97. The van der Waals surface area contributed by atoms with Crippen molar-refractivity contribution >= 4 is 22.9 Å². The molecule has 0 saturated carbocycles. The Kier molecular flexibility index (Phi) is 4.39. The molecular formula is C15H19N3OS. The largest absolute Gasteiger partial charge is 0.398 e. The van der Waals surface area contributed by atoms with Gasteiger partial charge in [-0.05, 0) is 38.0 Å². The Morgan fingerprint density at radius 1 is 1.50 bits per heavy atom. The molecule has 20 heavy (non-hydrogen) atoms. The van der Waals surface area contributed by atoms with Crippen LogP contribution in [0.3, 0.4) is 0 Å². The van der Waals surface area contributed by atoms with Gasteiger partial charge in [-0.2, -0.15) is 0 Å². The molecule has 0 aliphatic carbocycles. The van der Waals surface area contributed by atoms with Crippen LogP contribution in [0.1, 0.15) is 45.7 Å². The minimum atomic E-state index is -0.164. The van der Waals surface area contributed by atoms with Crippen LogP contribution in [0.5, 0.6) is 0 Å². The van der Waals surface area contributed by atoms with Gasteiger partial charge < -0.3 is 11.1 Å². The molecule has 2 aromatic rings. The van der Waals surface area contributed by atoms with Crippen molar-refractivity contribution in [2.75, 3.05) is 5.73 Å². The van der Waals surface area contributed by atoms with Gasteiger partial charge in [0.2, 0.25) is 0 Å². The summed E-state index contributed by atoms with van der Waals surface area (Å²) in [6.07, 6.45) is 2.83. The van der Waals surface area contributed by atoms with E-state index in [9.17, 15) is 4.79 Å². The lowest BCUT2D eigenvalue weighted by atomic mass is 10.1. The van der Waals surface area contributed by atoms with Gasteiger partial charge in [-0.3, -0.25) is 4.79 Å². The van der Waals surface area contributed by atoms with Crippen LogP contribution in [0.25, 0.3) is 0 Å². The van der Waals surface area contributed by atoms with Crippen LogP contribution in [0.2, 0.25) is 0 Å². The number of hydrogen-bond acceptors (Lipinski definition) is 4. The minimum Gasteiger partial charge on any atom is -0.398 e. The summed E-state index contributed by atoms with van der Waals surface area (Å²) in [6, 6.07) is 5.33. The van der Waals surface area contributed by atoms with Crippen LogP contribution in [-0.4, -0.2) is 10.9 Å². The smallest absolute Gasteiger partial charge is 0.253 e. The minimum absolute atomic E-state index is 0.117. The van der Waals surface area contributed by atoms with Crippen LogP contribution in [-0.2, 0) is 6.42 Å². The van der Waals surface area contributed by atoms with Gasteiger partial charge in [0.25, 0.3) is 5.91 Å². The highest BCUT2D eigenvalue weighted by Gasteiger charge is 2.16. The number of hydrogen-bond donors (Lipinski definition) is 2. The molecule has 0 spiro atoms. The standard InChI is InChI=1S/C15H19N3OS/c1-4-11-8-17-15(20-11)10(3)18-14(19)12-6-5-9(2)7-13(12)16/h5-8,10H,4,16H2,1-3H3,(H,18,19). The van der Waals surface area contributed by atoms with Gasteiger partial charge in [-0.15, -0.1) is 11.3 Å². The van der Waals surface area contributed by atoms with E-state index in [2.05, 4.69) is 17.2 Å². The Balaban J connectivity index is 2.10. The number of carbonyl (C=O) groups excluding carboxylic acids is 1. The van der Waals surface area contributed by atoms with Crippen molar-refractivity contribution in [1.82, 2.24) is 10.3 Å². The van der Waals surface area contributed by atoms with Gasteiger partial charge in [0, 0.05) is 16.8 Å². The van der Waals surface area contributed by atoms with E-state index in [0.717, 1.165) is 17.0 Å². The van der Waals surface area contributed by atoms with E-state index in [-0.39, 0.29) is 11.9 Å². The summed E-state index contributed by atoms with van der Waals surface area (Å²) in [7, 11) is 0. The normalized spacial score (nSPS) is 12.2. The highest BCUT2D eigenvalue weighted by atomic mass is 32.1. The molecule has 2 rings (SSSR count). The molecule has 1 aromatic heterocycles. The van der Waals surface area contributed by atoms with Gasteiger partial charge in [0.1, 0.15) is 5.01 Å². The van der Waals surface area contributed by atoms with Crippen LogP contribution in [0.4, 0.5) is 5.69 Å². The molecular weight excluding hydrogens is 270 g/mol. The number of aryl methyl sites for hydroxylation is 2. The Morgan fingerprint density at radius 3 is 2.85 bits per heavy atom. The summed E-state index contributed by atoms with van der Waals surface area (Å²) in [5.74, 6) is -0.164. The lowest BCUT2D eigenvalue weighted by Gasteiger charge is -2.12. The fourth-order valence-corrected chi connectivity index (χ4v) is 2.77. The predicted octanol–water partition coefficient (Wildman–Crippen LogP) is 3.09. The SMILES string of the molecule is CCc1cnc(C(C)NC(=O)c2ccc(C)cc2N)s1. The number of rotatable bonds is 4. The molecule has 1 aromatic carbocycles. The maximum atomic E-state index is 12.2. The molecule has 1 unspecified atom stereocenters. The Labute approximate surface area is 123 Å². The zero-order valence-electron chi connectivity index (χ0n) is 11.9. The second kappa shape index (κ2) is 6.05. The summed E-state index contributed by atoms with van der Waals surface area (Å²) < 4.78 is 0. The van der Waals surface area contributed by atoms with Crippen molar-refractivity contribution in [3.63, 3.8) is 0 Å². The third-order valence-corrected chi connectivity index (χ3v) is 4.41. The fourth-order valence-electron chi connectivity index (χ4n) is 1.91. The Hall–Kier alpha value is -1.88. The van der Waals surface area contributed by atoms with E-state index in [0.29, 0.717) is 11.3 Å². The van der Waals surface area contributed by atoms with Gasteiger partial charge in [0.05, 0.1) is 11.6 Å². The number of nitrogens with zero attached hydrogens (tertiary/aromatic N) is 1. The number of carbonyl (C=O) groups is 1. The maximum Gasteiger partial charge on any atom is 0.253 e. The van der Waals surface area contributed by atoms with Gasteiger partial charge >= 0.3 is 0 Å². The summed E-state index contributed by atoms with van der Waals surface area (Å²) >= 11 is 1.63. The first kappa shape index (κ1) is 14.5. The number of anilines is 1. The molecule has 1 atom stereocenters. The third kappa shape index (κ3) is 3.17. The predicted molar refractivity (Wildman–Crippen MR) is 83.0 cm³/mol. The molecule has 106 valence electrons. The van der Waals surface area contributed by atoms with E-state index in [1.54, 1.807) is 23.5 Å². The van der Waals surface area contributed by atoms with E-state index in [1.807, 2.05) is 26.1 Å². The number of aromatic nitrogens is 1. The second-order valence-corrected chi connectivity index (χ2v) is 5.95. The molecule has 5 heteroatoms. The average Bonchev–Trinajstić information content (AvgIpc) is 2.87. The average molecular weight is 289 g/mol. The molecule has 0 fully saturated rings. The molecule has 0 aliphatic rings. The van der Waals surface area contributed by atoms with Crippen LogP contribution >= 0.6 is 11.3 Å². The first-order valence-electron chi connectivity index (χ1n) is 6.62. The molecule has 1 heterocycles. The summed E-state index contributed by atoms with van der Waals surface area (Å²) in [5, 5.41) is 3.86. The van der Waals surface area contributed by atoms with Gasteiger partial charge in [-0.1, -0.05) is 13.0 Å². The van der Waals surface area contributed by atoms with Gasteiger partial charge in [-0.25, -0.2) is 4.98 Å². The fraction of sp³-hybridized carbons (Fsp3) is 0.333. The highest BCUT2D eigenvalue weighted by molar-refractivity contribution is 7.11. The first-order valence-corrected chi connectivity index (χ1v) is 7.44. The number of benzene rings is 1.